The molecule has 2 atom stereocenters. The number of primary amides is 1. The van der Waals surface area contributed by atoms with Crippen molar-refractivity contribution in [3.63, 3.8) is 0 Å². The summed E-state index contributed by atoms with van der Waals surface area (Å²) in [6.07, 6.45) is 0. The lowest BCUT2D eigenvalue weighted by molar-refractivity contribution is -0.133. The van der Waals surface area contributed by atoms with Crippen LogP contribution >= 0.6 is 0 Å². The van der Waals surface area contributed by atoms with E-state index in [9.17, 15) is 9.59 Å². The number of hydrogen-bond acceptors (Lipinski definition) is 2. The zero-order valence-corrected chi connectivity index (χ0v) is 9.44. The van der Waals surface area contributed by atoms with Crippen molar-refractivity contribution in [2.75, 3.05) is 0 Å². The minimum Gasteiger partial charge on any atom is -0.369 e. The van der Waals surface area contributed by atoms with Gasteiger partial charge < -0.3 is 11.1 Å². The van der Waals surface area contributed by atoms with Gasteiger partial charge in [-0.2, -0.15) is 0 Å². The van der Waals surface area contributed by atoms with Gasteiger partial charge in [-0.3, -0.25) is 9.59 Å². The second-order valence-electron chi connectivity index (χ2n) is 3.77. The van der Waals surface area contributed by atoms with Gasteiger partial charge in [0, 0.05) is 0 Å². The van der Waals surface area contributed by atoms with Crippen molar-refractivity contribution in [1.82, 2.24) is 5.32 Å². The summed E-state index contributed by atoms with van der Waals surface area (Å²) in [5.74, 6) is -1.76. The number of nitrogens with two attached hydrogens (primary N) is 1. The van der Waals surface area contributed by atoms with Gasteiger partial charge in [0.05, 0.1) is 6.04 Å². The van der Waals surface area contributed by atoms with Gasteiger partial charge in [-0.25, -0.2) is 0 Å². The molecule has 0 bridgehead atoms. The van der Waals surface area contributed by atoms with Crippen LogP contribution in [0.5, 0.6) is 0 Å². The molecule has 1 rings (SSSR count). The molecule has 4 heteroatoms. The maximum absolute atomic E-state index is 11.6. The molecule has 0 aliphatic carbocycles. The standard InChI is InChI=1S/C12H16N2O2/c1-8(11(13)15)12(16)14-9(2)10-6-4-3-5-7-10/h3-9H,1-2H3,(H2,13,15)(H,14,16)/t8?,9-/m0/s1. The lowest BCUT2D eigenvalue weighted by Gasteiger charge is -2.16. The summed E-state index contributed by atoms with van der Waals surface area (Å²) in [6, 6.07) is 9.41. The molecule has 16 heavy (non-hydrogen) atoms. The van der Waals surface area contributed by atoms with Gasteiger partial charge in [0.15, 0.2) is 0 Å². The quantitative estimate of drug-likeness (QED) is 0.742. The van der Waals surface area contributed by atoms with Crippen molar-refractivity contribution >= 4 is 11.8 Å². The second kappa shape index (κ2) is 5.30. The Morgan fingerprint density at radius 2 is 1.75 bits per heavy atom. The van der Waals surface area contributed by atoms with Crippen LogP contribution in [0.15, 0.2) is 30.3 Å². The molecule has 4 nitrogen and oxygen atoms in total. The first-order valence-electron chi connectivity index (χ1n) is 5.17. The van der Waals surface area contributed by atoms with Crippen molar-refractivity contribution in [1.29, 1.82) is 0 Å². The van der Waals surface area contributed by atoms with Crippen LogP contribution in [-0.4, -0.2) is 11.8 Å². The van der Waals surface area contributed by atoms with E-state index in [1.165, 1.54) is 6.92 Å². The summed E-state index contributed by atoms with van der Waals surface area (Å²) in [5.41, 5.74) is 6.04. The van der Waals surface area contributed by atoms with Gasteiger partial charge in [0.25, 0.3) is 0 Å². The molecule has 0 spiro atoms. The number of benzene rings is 1. The summed E-state index contributed by atoms with van der Waals surface area (Å²) < 4.78 is 0. The molecule has 86 valence electrons. The summed E-state index contributed by atoms with van der Waals surface area (Å²) in [4.78, 5) is 22.4. The highest BCUT2D eigenvalue weighted by Crippen LogP contribution is 2.11. The fourth-order valence-electron chi connectivity index (χ4n) is 1.29. The molecule has 0 aromatic heterocycles. The van der Waals surface area contributed by atoms with Crippen molar-refractivity contribution in [3.8, 4) is 0 Å². The molecule has 1 unspecified atom stereocenters. The third-order valence-electron chi connectivity index (χ3n) is 2.48. The molecule has 0 fully saturated rings. The normalized spacial score (nSPS) is 13.9. The Labute approximate surface area is 94.8 Å². The molecule has 0 aliphatic rings. The average Bonchev–Trinajstić information content (AvgIpc) is 2.28. The highest BCUT2D eigenvalue weighted by atomic mass is 16.2. The maximum atomic E-state index is 11.6. The minimum absolute atomic E-state index is 0.129. The van der Waals surface area contributed by atoms with Crippen LogP contribution < -0.4 is 11.1 Å². The zero-order chi connectivity index (χ0) is 12.1. The Morgan fingerprint density at radius 3 is 2.25 bits per heavy atom. The number of amides is 2. The lowest BCUT2D eigenvalue weighted by Crippen LogP contribution is -2.38. The molecule has 1 aromatic carbocycles. The molecule has 1 aromatic rings. The predicted molar refractivity (Wildman–Crippen MR) is 61.4 cm³/mol. The van der Waals surface area contributed by atoms with Crippen LogP contribution in [0, 0.1) is 5.92 Å². The van der Waals surface area contributed by atoms with Crippen LogP contribution in [0.1, 0.15) is 25.5 Å². The van der Waals surface area contributed by atoms with Crippen molar-refractivity contribution in [2.24, 2.45) is 11.7 Å². The smallest absolute Gasteiger partial charge is 0.232 e. The Balaban J connectivity index is 2.62. The molecule has 3 N–H and O–H groups in total. The Kier molecular flexibility index (Phi) is 4.05. The Hall–Kier alpha value is -1.84. The average molecular weight is 220 g/mol. The van der Waals surface area contributed by atoms with E-state index in [0.29, 0.717) is 0 Å². The lowest BCUT2D eigenvalue weighted by atomic mass is 10.1. The summed E-state index contributed by atoms with van der Waals surface area (Å²) >= 11 is 0. The van der Waals surface area contributed by atoms with Gasteiger partial charge >= 0.3 is 0 Å². The monoisotopic (exact) mass is 220 g/mol. The van der Waals surface area contributed by atoms with E-state index in [4.69, 9.17) is 5.73 Å². The van der Waals surface area contributed by atoms with Crippen LogP contribution in [-0.2, 0) is 9.59 Å². The predicted octanol–water partition coefficient (Wildman–Crippen LogP) is 0.985. The number of hydrogen-bond donors (Lipinski definition) is 2. The van der Waals surface area contributed by atoms with Gasteiger partial charge in [0.1, 0.15) is 5.92 Å². The van der Waals surface area contributed by atoms with Gasteiger partial charge in [0.2, 0.25) is 11.8 Å². The topological polar surface area (TPSA) is 72.2 Å². The van der Waals surface area contributed by atoms with E-state index in [1.807, 2.05) is 37.3 Å². The molecule has 0 heterocycles. The van der Waals surface area contributed by atoms with Crippen molar-refractivity contribution in [2.45, 2.75) is 19.9 Å². The number of carbonyl (C=O) groups is 2. The third kappa shape index (κ3) is 3.08. The van der Waals surface area contributed by atoms with Gasteiger partial charge in [-0.05, 0) is 19.4 Å². The van der Waals surface area contributed by atoms with E-state index in [2.05, 4.69) is 5.32 Å². The fraction of sp³-hybridized carbons (Fsp3) is 0.333. The van der Waals surface area contributed by atoms with Crippen molar-refractivity contribution < 1.29 is 9.59 Å². The summed E-state index contributed by atoms with van der Waals surface area (Å²) in [6.45, 7) is 3.36. The summed E-state index contributed by atoms with van der Waals surface area (Å²) in [5, 5.41) is 2.74. The Bertz CT molecular complexity index is 376. The fourth-order valence-corrected chi connectivity index (χ4v) is 1.29. The van der Waals surface area contributed by atoms with E-state index < -0.39 is 11.8 Å². The van der Waals surface area contributed by atoms with Crippen LogP contribution in [0.3, 0.4) is 0 Å². The summed E-state index contributed by atoms with van der Waals surface area (Å²) in [7, 11) is 0. The SMILES string of the molecule is CC(C(N)=O)C(=O)N[C@@H](C)c1ccccc1. The molecule has 0 saturated carbocycles. The van der Waals surface area contributed by atoms with Gasteiger partial charge in [-0.1, -0.05) is 30.3 Å². The molecular formula is C12H16N2O2. The maximum Gasteiger partial charge on any atom is 0.232 e. The number of carbonyl (C=O) groups excluding carboxylic acids is 2. The molecule has 0 aliphatic heterocycles. The van der Waals surface area contributed by atoms with E-state index in [-0.39, 0.29) is 11.9 Å². The Morgan fingerprint density at radius 1 is 1.19 bits per heavy atom. The zero-order valence-electron chi connectivity index (χ0n) is 9.44. The third-order valence-corrected chi connectivity index (χ3v) is 2.48. The highest BCUT2D eigenvalue weighted by molar-refractivity contribution is 5.99. The number of rotatable bonds is 4. The second-order valence-corrected chi connectivity index (χ2v) is 3.77. The molecule has 0 saturated heterocycles. The first-order chi connectivity index (χ1) is 7.52. The van der Waals surface area contributed by atoms with Crippen LogP contribution in [0.25, 0.3) is 0 Å². The highest BCUT2D eigenvalue weighted by Gasteiger charge is 2.20. The largest absolute Gasteiger partial charge is 0.369 e. The van der Waals surface area contributed by atoms with Crippen LogP contribution in [0.4, 0.5) is 0 Å². The van der Waals surface area contributed by atoms with Crippen LogP contribution in [0.2, 0.25) is 0 Å². The van der Waals surface area contributed by atoms with E-state index >= 15 is 0 Å². The molecular weight excluding hydrogens is 204 g/mol. The minimum atomic E-state index is -0.800. The van der Waals surface area contributed by atoms with Gasteiger partial charge in [-0.15, -0.1) is 0 Å². The first kappa shape index (κ1) is 12.2. The van der Waals surface area contributed by atoms with E-state index in [0.717, 1.165) is 5.56 Å². The first-order valence-corrected chi connectivity index (χ1v) is 5.17. The molecule has 0 radical (unpaired) electrons. The number of nitrogens with one attached hydrogen (secondary N) is 1. The van der Waals surface area contributed by atoms with Crippen molar-refractivity contribution in [3.05, 3.63) is 35.9 Å². The molecule has 2 amide bonds. The van der Waals surface area contributed by atoms with E-state index in [1.54, 1.807) is 0 Å².